The molecule has 0 bridgehead atoms. The summed E-state index contributed by atoms with van der Waals surface area (Å²) in [5.74, 6) is -0.327. The molecule has 2 aromatic rings. The Morgan fingerprint density at radius 2 is 1.92 bits per heavy atom. The summed E-state index contributed by atoms with van der Waals surface area (Å²) in [4.78, 5) is 0.0908. The fourth-order valence-electron chi connectivity index (χ4n) is 2.36. The third-order valence-corrected chi connectivity index (χ3v) is 4.86. The first-order chi connectivity index (χ1) is 12.0. The molecule has 1 heterocycles. The first-order valence-electron chi connectivity index (χ1n) is 7.40. The molecule has 0 aliphatic carbocycles. The summed E-state index contributed by atoms with van der Waals surface area (Å²) in [6.07, 6.45) is 1.39. The first-order valence-corrected chi connectivity index (χ1v) is 8.84. The van der Waals surface area contributed by atoms with Crippen molar-refractivity contribution in [1.29, 1.82) is 5.26 Å². The molecule has 0 N–H and O–H groups in total. The lowest BCUT2D eigenvalue weighted by Crippen LogP contribution is -2.27. The molecule has 1 aliphatic heterocycles. The molecule has 6 nitrogen and oxygen atoms in total. The summed E-state index contributed by atoms with van der Waals surface area (Å²) in [6, 6.07) is 14.4. The lowest BCUT2D eigenvalue weighted by atomic mass is 10.2. The Hall–Kier alpha value is -3.05. The van der Waals surface area contributed by atoms with E-state index in [1.807, 2.05) is 6.07 Å². The fourth-order valence-corrected chi connectivity index (χ4v) is 3.57. The van der Waals surface area contributed by atoms with E-state index in [0.29, 0.717) is 5.56 Å². The first kappa shape index (κ1) is 16.8. The molecular formula is C17H13FN4O2S. The highest BCUT2D eigenvalue weighted by molar-refractivity contribution is 7.90. The van der Waals surface area contributed by atoms with Crippen LogP contribution in [0.2, 0.25) is 0 Å². The van der Waals surface area contributed by atoms with Crippen molar-refractivity contribution >= 4 is 22.1 Å². The van der Waals surface area contributed by atoms with Crippen molar-refractivity contribution in [3.63, 3.8) is 0 Å². The second kappa shape index (κ2) is 6.83. The number of nitriles is 1. The number of amidine groups is 1. The molecule has 1 aliphatic rings. The summed E-state index contributed by atoms with van der Waals surface area (Å²) < 4.78 is 41.9. The molecule has 0 aromatic heterocycles. The van der Waals surface area contributed by atoms with Gasteiger partial charge in [0.15, 0.2) is 5.84 Å². The molecule has 0 amide bonds. The van der Waals surface area contributed by atoms with Crippen molar-refractivity contribution in [2.45, 2.75) is 11.3 Å². The van der Waals surface area contributed by atoms with Crippen molar-refractivity contribution in [2.24, 2.45) is 9.50 Å². The lowest BCUT2D eigenvalue weighted by Gasteiger charge is -2.17. The normalized spacial score (nSPS) is 14.8. The third kappa shape index (κ3) is 3.41. The van der Waals surface area contributed by atoms with Crippen LogP contribution in [0.5, 0.6) is 0 Å². The zero-order valence-electron chi connectivity index (χ0n) is 13.0. The monoisotopic (exact) mass is 356 g/mol. The number of hydrogen-bond donors (Lipinski definition) is 0. The molecule has 3 rings (SSSR count). The van der Waals surface area contributed by atoms with E-state index in [2.05, 4.69) is 9.50 Å². The van der Waals surface area contributed by atoms with Gasteiger partial charge in [-0.15, -0.1) is 4.40 Å². The smallest absolute Gasteiger partial charge is 0.246 e. The van der Waals surface area contributed by atoms with Gasteiger partial charge in [-0.3, -0.25) is 0 Å². The van der Waals surface area contributed by atoms with Gasteiger partial charge in [0.2, 0.25) is 0 Å². The van der Waals surface area contributed by atoms with Crippen molar-refractivity contribution in [2.75, 3.05) is 6.54 Å². The second-order valence-electron chi connectivity index (χ2n) is 5.18. The van der Waals surface area contributed by atoms with Crippen LogP contribution in [0.25, 0.3) is 0 Å². The van der Waals surface area contributed by atoms with Crippen LogP contribution in [0.1, 0.15) is 17.5 Å². The minimum atomic E-state index is -3.80. The topological polar surface area (TPSA) is 85.9 Å². The quantitative estimate of drug-likeness (QED) is 0.622. The van der Waals surface area contributed by atoms with Crippen LogP contribution in [0, 0.1) is 17.1 Å². The molecule has 2 aromatic carbocycles. The van der Waals surface area contributed by atoms with Gasteiger partial charge in [-0.2, -0.15) is 18.8 Å². The molecule has 0 fully saturated rings. The molecule has 0 unspecified atom stereocenters. The number of fused-ring (bicyclic) bond motifs is 1. The number of sulfonamides is 1. The van der Waals surface area contributed by atoms with Gasteiger partial charge in [0, 0.05) is 11.1 Å². The summed E-state index contributed by atoms with van der Waals surface area (Å²) in [5, 5.41) is 14.3. The highest BCUT2D eigenvalue weighted by atomic mass is 32.2. The van der Waals surface area contributed by atoms with E-state index in [-0.39, 0.29) is 29.3 Å². The average molecular weight is 356 g/mol. The van der Waals surface area contributed by atoms with Gasteiger partial charge in [-0.05, 0) is 18.2 Å². The van der Waals surface area contributed by atoms with Crippen molar-refractivity contribution in [1.82, 2.24) is 5.01 Å². The molecular weight excluding hydrogens is 343 g/mol. The molecule has 8 heteroatoms. The Labute approximate surface area is 144 Å². The van der Waals surface area contributed by atoms with Crippen LogP contribution >= 0.6 is 0 Å². The number of benzene rings is 2. The van der Waals surface area contributed by atoms with E-state index in [9.17, 15) is 12.8 Å². The SMILES string of the molecule is N#CCCN(N=Cc1ccccc1F)C1=NS(=O)(=O)c2ccccc21. The molecule has 126 valence electrons. The van der Waals surface area contributed by atoms with E-state index in [1.54, 1.807) is 36.4 Å². The van der Waals surface area contributed by atoms with Gasteiger partial charge in [0.25, 0.3) is 10.0 Å². The maximum Gasteiger partial charge on any atom is 0.285 e. The standard InChI is InChI=1S/C17H13FN4O2S/c18-15-8-3-1-6-13(15)12-20-22(11-5-10-19)17-14-7-2-4-9-16(14)25(23,24)21-17/h1-4,6-9,12H,5,11H2. The van der Waals surface area contributed by atoms with Gasteiger partial charge >= 0.3 is 0 Å². The van der Waals surface area contributed by atoms with Gasteiger partial charge < -0.3 is 0 Å². The Morgan fingerprint density at radius 3 is 2.68 bits per heavy atom. The summed E-state index contributed by atoms with van der Waals surface area (Å²) >= 11 is 0. The molecule has 0 spiro atoms. The van der Waals surface area contributed by atoms with Crippen LogP contribution in [-0.4, -0.2) is 32.0 Å². The number of halogens is 1. The van der Waals surface area contributed by atoms with Crippen molar-refractivity contribution in [3.8, 4) is 6.07 Å². The average Bonchev–Trinajstić information content (AvgIpc) is 2.88. The van der Waals surface area contributed by atoms with Gasteiger partial charge in [-0.25, -0.2) is 9.40 Å². The Kier molecular flexibility index (Phi) is 4.59. The van der Waals surface area contributed by atoms with Crippen LogP contribution in [0.3, 0.4) is 0 Å². The molecule has 25 heavy (non-hydrogen) atoms. The fraction of sp³-hybridized carbons (Fsp3) is 0.118. The van der Waals surface area contributed by atoms with E-state index >= 15 is 0 Å². The van der Waals surface area contributed by atoms with Gasteiger partial charge in [0.05, 0.1) is 25.2 Å². The van der Waals surface area contributed by atoms with Crippen LogP contribution in [-0.2, 0) is 10.0 Å². The summed E-state index contributed by atoms with van der Waals surface area (Å²) in [5.41, 5.74) is 0.658. The zero-order chi connectivity index (χ0) is 17.9. The minimum absolute atomic E-state index is 0.0908. The van der Waals surface area contributed by atoms with Crippen molar-refractivity contribution < 1.29 is 12.8 Å². The molecule has 0 saturated carbocycles. The Morgan fingerprint density at radius 1 is 1.20 bits per heavy atom. The second-order valence-corrected chi connectivity index (χ2v) is 6.76. The highest BCUT2D eigenvalue weighted by Gasteiger charge is 2.31. The predicted octanol–water partition coefficient (Wildman–Crippen LogP) is 2.52. The number of nitrogens with zero attached hydrogens (tertiary/aromatic N) is 4. The Balaban J connectivity index is 2.00. The predicted molar refractivity (Wildman–Crippen MR) is 91.1 cm³/mol. The molecule has 0 radical (unpaired) electrons. The molecule has 0 atom stereocenters. The molecule has 0 saturated heterocycles. The van der Waals surface area contributed by atoms with Gasteiger partial charge in [0.1, 0.15) is 10.7 Å². The van der Waals surface area contributed by atoms with E-state index < -0.39 is 15.8 Å². The Bertz CT molecular complexity index is 1010. The maximum absolute atomic E-state index is 13.7. The zero-order valence-corrected chi connectivity index (χ0v) is 13.8. The van der Waals surface area contributed by atoms with Gasteiger partial charge in [-0.1, -0.05) is 30.3 Å². The van der Waals surface area contributed by atoms with Crippen LogP contribution in [0.4, 0.5) is 4.39 Å². The lowest BCUT2D eigenvalue weighted by molar-refractivity contribution is 0.458. The van der Waals surface area contributed by atoms with E-state index in [0.717, 1.165) is 0 Å². The largest absolute Gasteiger partial charge is 0.285 e. The maximum atomic E-state index is 13.7. The number of hydrazone groups is 1. The highest BCUT2D eigenvalue weighted by Crippen LogP contribution is 2.27. The third-order valence-electron chi connectivity index (χ3n) is 3.53. The van der Waals surface area contributed by atoms with Crippen LogP contribution in [0.15, 0.2) is 62.9 Å². The minimum Gasteiger partial charge on any atom is -0.246 e. The summed E-state index contributed by atoms with van der Waals surface area (Å²) in [6.45, 7) is 0.129. The summed E-state index contributed by atoms with van der Waals surface area (Å²) in [7, 11) is -3.80. The van der Waals surface area contributed by atoms with Crippen molar-refractivity contribution in [3.05, 3.63) is 65.5 Å². The number of hydrogen-bond acceptors (Lipinski definition) is 5. The number of rotatable bonds is 4. The van der Waals surface area contributed by atoms with Crippen LogP contribution < -0.4 is 0 Å². The van der Waals surface area contributed by atoms with E-state index in [4.69, 9.17) is 5.26 Å². The van der Waals surface area contributed by atoms with E-state index in [1.165, 1.54) is 23.4 Å².